The molecule has 0 aromatic heterocycles. The van der Waals surface area contributed by atoms with Crippen LogP contribution >= 0.6 is 11.8 Å². The van der Waals surface area contributed by atoms with E-state index in [0.717, 1.165) is 10.5 Å². The molecule has 3 N–H and O–H groups in total. The summed E-state index contributed by atoms with van der Waals surface area (Å²) in [4.78, 5) is 35.8. The van der Waals surface area contributed by atoms with Gasteiger partial charge >= 0.3 is 18.0 Å². The Hall–Kier alpha value is -2.22. The molecule has 1 atom stereocenters. The van der Waals surface area contributed by atoms with E-state index >= 15 is 0 Å². The largest absolute Gasteiger partial charge is 0.481 e. The van der Waals surface area contributed by atoms with Crippen molar-refractivity contribution < 1.29 is 24.6 Å². The summed E-state index contributed by atoms with van der Waals surface area (Å²) in [5.74, 6) is -2.67. The van der Waals surface area contributed by atoms with Crippen LogP contribution in [0.1, 0.15) is 12.0 Å². The minimum absolute atomic E-state index is 0.291. The molecule has 0 unspecified atom stereocenters. The van der Waals surface area contributed by atoms with E-state index in [2.05, 4.69) is 5.32 Å². The number of urea groups is 1. The summed E-state index contributed by atoms with van der Waals surface area (Å²) in [5.41, 5.74) is 0.898. The van der Waals surface area contributed by atoms with Gasteiger partial charge in [0, 0.05) is 18.5 Å². The van der Waals surface area contributed by atoms with Crippen LogP contribution in [0, 0.1) is 0 Å². The Kier molecular flexibility index (Phi) is 6.71. The maximum atomic E-state index is 12.0. The number of carbonyl (C=O) groups is 3. The van der Waals surface area contributed by atoms with Gasteiger partial charge in [-0.2, -0.15) is 0 Å². The van der Waals surface area contributed by atoms with Crippen LogP contribution in [0.3, 0.4) is 0 Å². The Morgan fingerprint density at radius 1 is 1.32 bits per heavy atom. The number of aliphatic carboxylic acids is 2. The van der Waals surface area contributed by atoms with Gasteiger partial charge in [0.1, 0.15) is 6.04 Å². The Morgan fingerprint density at radius 3 is 2.55 bits per heavy atom. The Labute approximate surface area is 132 Å². The van der Waals surface area contributed by atoms with E-state index in [1.807, 2.05) is 30.5 Å². The maximum Gasteiger partial charge on any atom is 0.326 e. The predicted molar refractivity (Wildman–Crippen MR) is 81.9 cm³/mol. The minimum atomic E-state index is -1.45. The second kappa shape index (κ2) is 8.28. The van der Waals surface area contributed by atoms with Crippen LogP contribution in [0.15, 0.2) is 29.2 Å². The molecule has 0 saturated carbocycles. The van der Waals surface area contributed by atoms with E-state index in [9.17, 15) is 14.4 Å². The summed E-state index contributed by atoms with van der Waals surface area (Å²) >= 11 is 1.58. The lowest BCUT2D eigenvalue weighted by Crippen LogP contribution is -2.47. The number of benzene rings is 1. The molecule has 22 heavy (non-hydrogen) atoms. The molecule has 0 radical (unpaired) electrons. The van der Waals surface area contributed by atoms with Crippen molar-refractivity contribution in [3.8, 4) is 0 Å². The number of carboxylic acids is 2. The Morgan fingerprint density at radius 2 is 2.00 bits per heavy atom. The Balaban J connectivity index is 2.67. The number of thioether (sulfide) groups is 1. The first kappa shape index (κ1) is 17.8. The second-order valence-electron chi connectivity index (χ2n) is 4.65. The van der Waals surface area contributed by atoms with Crippen LogP contribution in [0.2, 0.25) is 0 Å². The van der Waals surface area contributed by atoms with Gasteiger partial charge in [-0.25, -0.2) is 9.59 Å². The zero-order chi connectivity index (χ0) is 16.7. The van der Waals surface area contributed by atoms with E-state index in [1.54, 1.807) is 11.8 Å². The third-order valence-electron chi connectivity index (χ3n) is 2.88. The highest BCUT2D eigenvalue weighted by molar-refractivity contribution is 7.98. The van der Waals surface area contributed by atoms with E-state index in [1.165, 1.54) is 11.9 Å². The van der Waals surface area contributed by atoms with Crippen molar-refractivity contribution in [2.45, 2.75) is 23.9 Å². The third-order valence-corrected chi connectivity index (χ3v) is 3.60. The van der Waals surface area contributed by atoms with Gasteiger partial charge in [-0.1, -0.05) is 12.1 Å². The van der Waals surface area contributed by atoms with Gasteiger partial charge in [0.25, 0.3) is 0 Å². The van der Waals surface area contributed by atoms with E-state index in [0.29, 0.717) is 6.54 Å². The molecule has 0 spiro atoms. The van der Waals surface area contributed by atoms with Crippen molar-refractivity contribution in [2.24, 2.45) is 0 Å². The lowest BCUT2D eigenvalue weighted by Gasteiger charge is -2.21. The Bertz CT molecular complexity index is 564. The first-order chi connectivity index (χ1) is 10.3. The summed E-state index contributed by atoms with van der Waals surface area (Å²) < 4.78 is 0. The monoisotopic (exact) mass is 326 g/mol. The first-order valence-electron chi connectivity index (χ1n) is 6.42. The molecular formula is C14H18N2O5S. The van der Waals surface area contributed by atoms with Gasteiger partial charge in [-0.15, -0.1) is 11.8 Å². The van der Waals surface area contributed by atoms with Gasteiger partial charge in [0.2, 0.25) is 0 Å². The fourth-order valence-electron chi connectivity index (χ4n) is 1.75. The first-order valence-corrected chi connectivity index (χ1v) is 7.65. The highest BCUT2D eigenvalue weighted by Gasteiger charge is 2.24. The number of hydrogen-bond acceptors (Lipinski definition) is 4. The smallest absolute Gasteiger partial charge is 0.326 e. The summed E-state index contributed by atoms with van der Waals surface area (Å²) in [6, 6.07) is 5.52. The third kappa shape index (κ3) is 5.65. The molecule has 2 amide bonds. The van der Waals surface area contributed by atoms with Crippen LogP contribution in [-0.2, 0) is 16.1 Å². The van der Waals surface area contributed by atoms with E-state index in [-0.39, 0.29) is 0 Å². The molecule has 7 nitrogen and oxygen atoms in total. The standard InChI is InChI=1S/C14H18N2O5S/c1-16(8-9-4-3-5-10(6-9)22-2)14(21)15-11(13(19)20)7-12(17)18/h3-6,11H,7-8H2,1-2H3,(H,15,21)(H,17,18)(H,19,20)/t11-/m0/s1. The number of rotatable bonds is 7. The van der Waals surface area contributed by atoms with Crippen LogP contribution in [0.4, 0.5) is 4.79 Å². The summed E-state index contributed by atoms with van der Waals surface area (Å²) in [7, 11) is 1.51. The summed E-state index contributed by atoms with van der Waals surface area (Å²) in [6.07, 6.45) is 1.27. The zero-order valence-corrected chi connectivity index (χ0v) is 13.1. The van der Waals surface area contributed by atoms with Gasteiger partial charge < -0.3 is 20.4 Å². The van der Waals surface area contributed by atoms with Gasteiger partial charge in [-0.05, 0) is 24.0 Å². The average molecular weight is 326 g/mol. The normalized spacial score (nSPS) is 11.5. The highest BCUT2D eigenvalue weighted by atomic mass is 32.2. The molecular weight excluding hydrogens is 308 g/mol. The van der Waals surface area contributed by atoms with Crippen LogP contribution in [-0.4, -0.2) is 52.4 Å². The molecule has 0 aliphatic heterocycles. The predicted octanol–water partition coefficient (Wildman–Crippen LogP) is 1.48. The number of carbonyl (C=O) groups excluding carboxylic acids is 1. The number of nitrogens with one attached hydrogen (secondary N) is 1. The number of hydrogen-bond donors (Lipinski definition) is 3. The topological polar surface area (TPSA) is 107 Å². The molecule has 0 saturated heterocycles. The zero-order valence-electron chi connectivity index (χ0n) is 12.3. The quantitative estimate of drug-likeness (QED) is 0.655. The van der Waals surface area contributed by atoms with Crippen molar-refractivity contribution in [1.82, 2.24) is 10.2 Å². The van der Waals surface area contributed by atoms with Crippen molar-refractivity contribution >= 4 is 29.7 Å². The fraction of sp³-hybridized carbons (Fsp3) is 0.357. The van der Waals surface area contributed by atoms with Crippen LogP contribution in [0.25, 0.3) is 0 Å². The van der Waals surface area contributed by atoms with Crippen molar-refractivity contribution in [1.29, 1.82) is 0 Å². The van der Waals surface area contributed by atoms with Gasteiger partial charge in [0.15, 0.2) is 0 Å². The molecule has 0 heterocycles. The molecule has 0 bridgehead atoms. The maximum absolute atomic E-state index is 12.0. The number of amides is 2. The molecule has 1 aromatic carbocycles. The molecule has 1 rings (SSSR count). The molecule has 120 valence electrons. The summed E-state index contributed by atoms with van der Waals surface area (Å²) in [5, 5.41) is 19.8. The molecule has 0 aliphatic carbocycles. The average Bonchev–Trinajstić information content (AvgIpc) is 2.46. The molecule has 1 aromatic rings. The van der Waals surface area contributed by atoms with Crippen molar-refractivity contribution in [3.63, 3.8) is 0 Å². The van der Waals surface area contributed by atoms with Gasteiger partial charge in [0.05, 0.1) is 6.42 Å². The minimum Gasteiger partial charge on any atom is -0.481 e. The number of carboxylic acid groups (broad SMARTS) is 2. The van der Waals surface area contributed by atoms with E-state index in [4.69, 9.17) is 10.2 Å². The van der Waals surface area contributed by atoms with Crippen molar-refractivity contribution in [2.75, 3.05) is 13.3 Å². The SMILES string of the molecule is CSc1cccc(CN(C)C(=O)N[C@@H](CC(=O)O)C(=O)O)c1. The highest BCUT2D eigenvalue weighted by Crippen LogP contribution is 2.16. The second-order valence-corrected chi connectivity index (χ2v) is 5.53. The van der Waals surface area contributed by atoms with Gasteiger partial charge in [-0.3, -0.25) is 4.79 Å². The molecule has 0 fully saturated rings. The lowest BCUT2D eigenvalue weighted by atomic mass is 10.2. The van der Waals surface area contributed by atoms with Crippen molar-refractivity contribution in [3.05, 3.63) is 29.8 Å². The van der Waals surface area contributed by atoms with E-state index < -0.39 is 30.4 Å². The number of nitrogens with zero attached hydrogens (tertiary/aromatic N) is 1. The molecule has 8 heteroatoms. The van der Waals surface area contributed by atoms with Crippen LogP contribution < -0.4 is 5.32 Å². The van der Waals surface area contributed by atoms with Crippen LogP contribution in [0.5, 0.6) is 0 Å². The lowest BCUT2D eigenvalue weighted by molar-refractivity contribution is -0.145. The summed E-state index contributed by atoms with van der Waals surface area (Å²) in [6.45, 7) is 0.291. The molecule has 0 aliphatic rings. The fourth-order valence-corrected chi connectivity index (χ4v) is 2.23.